The fraction of sp³-hybridized carbons (Fsp3) is 0.550. The Hall–Kier alpha value is -1.45. The zero-order chi connectivity index (χ0) is 17.2. The van der Waals surface area contributed by atoms with Crippen molar-refractivity contribution in [1.82, 2.24) is 5.32 Å². The SMILES string of the molecule is CC(C)NC[C@@H](C)OCCc1cccc(/C=C/C(=O)C(C)C)c1. The van der Waals surface area contributed by atoms with Crippen LogP contribution in [0.25, 0.3) is 6.08 Å². The minimum absolute atomic E-state index is 0.0452. The number of nitrogens with one attached hydrogen (secondary N) is 1. The third-order valence-corrected chi connectivity index (χ3v) is 3.57. The summed E-state index contributed by atoms with van der Waals surface area (Å²) in [6.45, 7) is 11.8. The van der Waals surface area contributed by atoms with Gasteiger partial charge in [0.2, 0.25) is 0 Å². The first-order valence-corrected chi connectivity index (χ1v) is 8.54. The Morgan fingerprint density at radius 1 is 1.22 bits per heavy atom. The molecule has 0 saturated carbocycles. The Kier molecular flexibility index (Phi) is 8.82. The zero-order valence-corrected chi connectivity index (χ0v) is 15.1. The van der Waals surface area contributed by atoms with Crippen LogP contribution in [-0.4, -0.2) is 31.1 Å². The van der Waals surface area contributed by atoms with Crippen molar-refractivity contribution in [1.29, 1.82) is 0 Å². The highest BCUT2D eigenvalue weighted by molar-refractivity contribution is 5.94. The van der Waals surface area contributed by atoms with Crippen molar-refractivity contribution in [3.63, 3.8) is 0 Å². The molecule has 1 rings (SSSR count). The first-order chi connectivity index (χ1) is 10.9. The number of carbonyl (C=O) groups excluding carboxylic acids is 1. The molecular formula is C20H31NO2. The highest BCUT2D eigenvalue weighted by Crippen LogP contribution is 2.09. The Morgan fingerprint density at radius 2 is 1.96 bits per heavy atom. The lowest BCUT2D eigenvalue weighted by Gasteiger charge is -2.16. The standard InChI is InChI=1S/C20H31NO2/c1-15(2)20(22)10-9-18-7-6-8-19(13-18)11-12-23-17(5)14-21-16(3)4/h6-10,13,15-17,21H,11-12,14H2,1-5H3/b10-9+/t17-/m1/s1. The van der Waals surface area contributed by atoms with Gasteiger partial charge in [0.15, 0.2) is 5.78 Å². The summed E-state index contributed by atoms with van der Waals surface area (Å²) in [5, 5.41) is 3.37. The molecule has 1 aromatic rings. The molecule has 0 amide bonds. The number of ketones is 1. The molecule has 0 fully saturated rings. The fourth-order valence-corrected chi connectivity index (χ4v) is 2.06. The number of allylic oxidation sites excluding steroid dienone is 1. The van der Waals surface area contributed by atoms with E-state index in [-0.39, 0.29) is 17.8 Å². The number of hydrogen-bond donors (Lipinski definition) is 1. The topological polar surface area (TPSA) is 38.3 Å². The van der Waals surface area contributed by atoms with Crippen molar-refractivity contribution in [2.45, 2.75) is 53.2 Å². The quantitative estimate of drug-likeness (QED) is 0.666. The molecule has 0 bridgehead atoms. The summed E-state index contributed by atoms with van der Waals surface area (Å²) in [6.07, 6.45) is 4.65. The second-order valence-electron chi connectivity index (χ2n) is 6.63. The van der Waals surface area contributed by atoms with Crippen molar-refractivity contribution in [3.05, 3.63) is 41.5 Å². The summed E-state index contributed by atoms with van der Waals surface area (Å²) >= 11 is 0. The summed E-state index contributed by atoms with van der Waals surface area (Å²) < 4.78 is 5.83. The lowest BCUT2D eigenvalue weighted by Crippen LogP contribution is -2.32. The van der Waals surface area contributed by atoms with Crippen molar-refractivity contribution in [3.8, 4) is 0 Å². The predicted octanol–water partition coefficient (Wildman–Crippen LogP) is 3.87. The Labute approximate surface area is 141 Å². The van der Waals surface area contributed by atoms with Gasteiger partial charge in [-0.1, -0.05) is 58.0 Å². The van der Waals surface area contributed by atoms with E-state index in [2.05, 4.69) is 38.2 Å². The van der Waals surface area contributed by atoms with Gasteiger partial charge in [-0.15, -0.1) is 0 Å². The van der Waals surface area contributed by atoms with E-state index in [0.29, 0.717) is 12.6 Å². The number of carbonyl (C=O) groups is 1. The number of hydrogen-bond acceptors (Lipinski definition) is 3. The van der Waals surface area contributed by atoms with Crippen molar-refractivity contribution in [2.24, 2.45) is 5.92 Å². The van der Waals surface area contributed by atoms with Crippen LogP contribution in [0.3, 0.4) is 0 Å². The minimum atomic E-state index is 0.0452. The Balaban J connectivity index is 2.43. The number of ether oxygens (including phenoxy) is 1. The predicted molar refractivity (Wildman–Crippen MR) is 97.6 cm³/mol. The first-order valence-electron chi connectivity index (χ1n) is 8.54. The van der Waals surface area contributed by atoms with Gasteiger partial charge in [-0.3, -0.25) is 4.79 Å². The molecule has 0 radical (unpaired) electrons. The molecule has 1 N–H and O–H groups in total. The average molecular weight is 317 g/mol. The fourth-order valence-electron chi connectivity index (χ4n) is 2.06. The zero-order valence-electron chi connectivity index (χ0n) is 15.1. The summed E-state index contributed by atoms with van der Waals surface area (Å²) in [5.74, 6) is 0.203. The van der Waals surface area contributed by atoms with Gasteiger partial charge in [-0.05, 0) is 30.5 Å². The molecule has 0 unspecified atom stereocenters. The van der Waals surface area contributed by atoms with Crippen molar-refractivity contribution >= 4 is 11.9 Å². The third kappa shape index (κ3) is 8.68. The molecule has 3 heteroatoms. The number of rotatable bonds is 10. The van der Waals surface area contributed by atoms with Gasteiger partial charge >= 0.3 is 0 Å². The minimum Gasteiger partial charge on any atom is -0.377 e. The second kappa shape index (κ2) is 10.3. The summed E-state index contributed by atoms with van der Waals surface area (Å²) in [7, 11) is 0. The first kappa shape index (κ1) is 19.6. The monoisotopic (exact) mass is 317 g/mol. The van der Waals surface area contributed by atoms with Crippen molar-refractivity contribution in [2.75, 3.05) is 13.2 Å². The van der Waals surface area contributed by atoms with E-state index >= 15 is 0 Å². The van der Waals surface area contributed by atoms with E-state index in [1.165, 1.54) is 5.56 Å². The smallest absolute Gasteiger partial charge is 0.158 e. The van der Waals surface area contributed by atoms with E-state index in [4.69, 9.17) is 4.74 Å². The molecule has 0 aliphatic carbocycles. The molecule has 1 atom stereocenters. The molecule has 0 aliphatic rings. The van der Waals surface area contributed by atoms with Crippen LogP contribution in [0.15, 0.2) is 30.3 Å². The molecule has 1 aromatic carbocycles. The maximum Gasteiger partial charge on any atom is 0.158 e. The third-order valence-electron chi connectivity index (χ3n) is 3.57. The molecule has 0 spiro atoms. The van der Waals surface area contributed by atoms with Gasteiger partial charge in [-0.2, -0.15) is 0 Å². The lowest BCUT2D eigenvalue weighted by atomic mass is 10.1. The van der Waals surface area contributed by atoms with Gasteiger partial charge in [-0.25, -0.2) is 0 Å². The highest BCUT2D eigenvalue weighted by Gasteiger charge is 2.04. The Bertz CT molecular complexity index is 506. The largest absolute Gasteiger partial charge is 0.377 e. The average Bonchev–Trinajstić information content (AvgIpc) is 2.51. The summed E-state index contributed by atoms with van der Waals surface area (Å²) in [4.78, 5) is 11.6. The van der Waals surface area contributed by atoms with Crippen LogP contribution < -0.4 is 5.32 Å². The summed E-state index contributed by atoms with van der Waals surface area (Å²) in [5.41, 5.74) is 2.29. The molecule has 128 valence electrons. The van der Waals surface area contributed by atoms with E-state index < -0.39 is 0 Å². The van der Waals surface area contributed by atoms with Crippen LogP contribution in [0, 0.1) is 5.92 Å². The van der Waals surface area contributed by atoms with Crippen LogP contribution in [0.2, 0.25) is 0 Å². The molecule has 0 heterocycles. The maximum absolute atomic E-state index is 11.6. The Morgan fingerprint density at radius 3 is 2.61 bits per heavy atom. The van der Waals surface area contributed by atoms with Crippen LogP contribution in [0.4, 0.5) is 0 Å². The van der Waals surface area contributed by atoms with Crippen LogP contribution >= 0.6 is 0 Å². The van der Waals surface area contributed by atoms with Gasteiger partial charge < -0.3 is 10.1 Å². The number of benzene rings is 1. The maximum atomic E-state index is 11.6. The molecular weight excluding hydrogens is 286 g/mol. The molecule has 0 saturated heterocycles. The van der Waals surface area contributed by atoms with Crippen LogP contribution in [0.1, 0.15) is 45.7 Å². The van der Waals surface area contributed by atoms with Gasteiger partial charge in [0.1, 0.15) is 0 Å². The van der Waals surface area contributed by atoms with E-state index in [9.17, 15) is 4.79 Å². The van der Waals surface area contributed by atoms with Crippen LogP contribution in [-0.2, 0) is 16.0 Å². The molecule has 23 heavy (non-hydrogen) atoms. The molecule has 0 aromatic heterocycles. The molecule has 0 aliphatic heterocycles. The highest BCUT2D eigenvalue weighted by atomic mass is 16.5. The van der Waals surface area contributed by atoms with Gasteiger partial charge in [0.25, 0.3) is 0 Å². The normalized spacial score (nSPS) is 13.2. The van der Waals surface area contributed by atoms with E-state index in [0.717, 1.165) is 18.5 Å². The van der Waals surface area contributed by atoms with Crippen LogP contribution in [0.5, 0.6) is 0 Å². The molecule has 3 nitrogen and oxygen atoms in total. The van der Waals surface area contributed by atoms with Crippen molar-refractivity contribution < 1.29 is 9.53 Å². The van der Waals surface area contributed by atoms with Gasteiger partial charge in [0, 0.05) is 18.5 Å². The second-order valence-corrected chi connectivity index (χ2v) is 6.63. The van der Waals surface area contributed by atoms with E-state index in [1.54, 1.807) is 6.08 Å². The van der Waals surface area contributed by atoms with Gasteiger partial charge in [0.05, 0.1) is 12.7 Å². The van der Waals surface area contributed by atoms with E-state index in [1.807, 2.05) is 32.1 Å². The summed E-state index contributed by atoms with van der Waals surface area (Å²) in [6, 6.07) is 8.74. The lowest BCUT2D eigenvalue weighted by molar-refractivity contribution is -0.117.